The van der Waals surface area contributed by atoms with Gasteiger partial charge in [-0.1, -0.05) is 0 Å². The maximum absolute atomic E-state index is 11.8. The van der Waals surface area contributed by atoms with Gasteiger partial charge in [0.1, 0.15) is 5.75 Å². The van der Waals surface area contributed by atoms with Gasteiger partial charge >= 0.3 is 0 Å². The standard InChI is InChI=1S/C18H28N4O2/c1-24-17-6-4-15(5-7-17)20-9-11-21(12-10-20)16-3-2-8-22(14-16)18(23)13-19/h4-7,16H,2-3,8-14,19H2,1H3/t16-/m1/s1. The summed E-state index contributed by atoms with van der Waals surface area (Å²) in [5.74, 6) is 0.973. The summed E-state index contributed by atoms with van der Waals surface area (Å²) in [5.41, 5.74) is 6.76. The van der Waals surface area contributed by atoms with Crippen LogP contribution < -0.4 is 15.4 Å². The Kier molecular flexibility index (Phi) is 5.58. The summed E-state index contributed by atoms with van der Waals surface area (Å²) in [4.78, 5) is 18.7. The van der Waals surface area contributed by atoms with Crippen LogP contribution in [0.15, 0.2) is 24.3 Å². The molecule has 2 heterocycles. The molecule has 2 aliphatic rings. The number of amides is 1. The Labute approximate surface area is 144 Å². The molecule has 1 aromatic carbocycles. The summed E-state index contributed by atoms with van der Waals surface area (Å²) >= 11 is 0. The molecule has 3 rings (SSSR count). The topological polar surface area (TPSA) is 62.0 Å². The number of methoxy groups -OCH3 is 1. The van der Waals surface area contributed by atoms with Crippen LogP contribution in [0, 0.1) is 0 Å². The van der Waals surface area contributed by atoms with E-state index in [2.05, 4.69) is 21.9 Å². The van der Waals surface area contributed by atoms with Gasteiger partial charge in [0.2, 0.25) is 5.91 Å². The van der Waals surface area contributed by atoms with Crippen LogP contribution in [0.25, 0.3) is 0 Å². The van der Waals surface area contributed by atoms with Crippen molar-refractivity contribution in [3.8, 4) is 5.75 Å². The van der Waals surface area contributed by atoms with Crippen LogP contribution in [0.1, 0.15) is 12.8 Å². The van der Waals surface area contributed by atoms with Crippen molar-refractivity contribution in [3.63, 3.8) is 0 Å². The second-order valence-electron chi connectivity index (χ2n) is 6.56. The maximum atomic E-state index is 11.8. The quantitative estimate of drug-likeness (QED) is 0.882. The van der Waals surface area contributed by atoms with E-state index in [9.17, 15) is 4.79 Å². The molecule has 0 radical (unpaired) electrons. The Morgan fingerprint density at radius 1 is 1.17 bits per heavy atom. The number of rotatable bonds is 4. The highest BCUT2D eigenvalue weighted by Gasteiger charge is 2.29. The molecular formula is C18H28N4O2. The molecule has 6 nitrogen and oxygen atoms in total. The second-order valence-corrected chi connectivity index (χ2v) is 6.56. The first kappa shape index (κ1) is 17.0. The van der Waals surface area contributed by atoms with Crippen molar-refractivity contribution < 1.29 is 9.53 Å². The van der Waals surface area contributed by atoms with Gasteiger partial charge in [-0.05, 0) is 37.1 Å². The number of carbonyl (C=O) groups is 1. The van der Waals surface area contributed by atoms with Crippen molar-refractivity contribution in [2.45, 2.75) is 18.9 Å². The van der Waals surface area contributed by atoms with E-state index >= 15 is 0 Å². The molecule has 1 amide bonds. The molecule has 0 unspecified atom stereocenters. The van der Waals surface area contributed by atoms with Gasteiger partial charge < -0.3 is 20.3 Å². The lowest BCUT2D eigenvalue weighted by molar-refractivity contribution is -0.131. The summed E-state index contributed by atoms with van der Waals surface area (Å²) in [6.45, 7) is 5.94. The van der Waals surface area contributed by atoms with Crippen molar-refractivity contribution in [2.24, 2.45) is 5.73 Å². The molecule has 2 aliphatic heterocycles. The highest BCUT2D eigenvalue weighted by Crippen LogP contribution is 2.23. The average Bonchev–Trinajstić information content (AvgIpc) is 2.67. The first-order valence-corrected chi connectivity index (χ1v) is 8.82. The number of nitrogens with two attached hydrogens (primary N) is 1. The number of ether oxygens (including phenoxy) is 1. The Balaban J connectivity index is 1.53. The molecule has 1 aromatic rings. The predicted octanol–water partition coefficient (Wildman–Crippen LogP) is 0.767. The van der Waals surface area contributed by atoms with Crippen LogP contribution in [-0.4, -0.2) is 74.7 Å². The number of anilines is 1. The summed E-state index contributed by atoms with van der Waals surface area (Å²) in [6.07, 6.45) is 2.26. The number of nitrogens with zero attached hydrogens (tertiary/aromatic N) is 3. The minimum absolute atomic E-state index is 0.0802. The van der Waals surface area contributed by atoms with Gasteiger partial charge in [0, 0.05) is 51.0 Å². The van der Waals surface area contributed by atoms with Gasteiger partial charge in [0.25, 0.3) is 0 Å². The molecule has 0 bridgehead atoms. The largest absolute Gasteiger partial charge is 0.497 e. The van der Waals surface area contributed by atoms with Crippen molar-refractivity contribution in [2.75, 3.05) is 57.8 Å². The molecule has 0 saturated carbocycles. The van der Waals surface area contributed by atoms with E-state index in [1.54, 1.807) is 7.11 Å². The summed E-state index contributed by atoms with van der Waals surface area (Å²) in [5, 5.41) is 0. The van der Waals surface area contributed by atoms with Crippen LogP contribution in [0.3, 0.4) is 0 Å². The Bertz CT molecular complexity index is 540. The van der Waals surface area contributed by atoms with Crippen LogP contribution in [0.5, 0.6) is 5.75 Å². The number of benzene rings is 1. The fourth-order valence-corrected chi connectivity index (χ4v) is 3.75. The van der Waals surface area contributed by atoms with Crippen molar-refractivity contribution >= 4 is 11.6 Å². The number of carbonyl (C=O) groups excluding carboxylic acids is 1. The fourth-order valence-electron chi connectivity index (χ4n) is 3.75. The predicted molar refractivity (Wildman–Crippen MR) is 95.4 cm³/mol. The van der Waals surface area contributed by atoms with Crippen LogP contribution in [0.4, 0.5) is 5.69 Å². The molecule has 0 aliphatic carbocycles. The number of hydrogen-bond donors (Lipinski definition) is 1. The monoisotopic (exact) mass is 332 g/mol. The van der Waals surface area contributed by atoms with E-state index in [4.69, 9.17) is 10.5 Å². The highest BCUT2D eigenvalue weighted by atomic mass is 16.5. The van der Waals surface area contributed by atoms with E-state index < -0.39 is 0 Å². The van der Waals surface area contributed by atoms with E-state index in [1.807, 2.05) is 17.0 Å². The van der Waals surface area contributed by atoms with Gasteiger partial charge in [-0.2, -0.15) is 0 Å². The molecule has 2 N–H and O–H groups in total. The van der Waals surface area contributed by atoms with Gasteiger partial charge in [-0.15, -0.1) is 0 Å². The smallest absolute Gasteiger partial charge is 0.236 e. The summed E-state index contributed by atoms with van der Waals surface area (Å²) in [7, 11) is 1.69. The third kappa shape index (κ3) is 3.82. The van der Waals surface area contributed by atoms with Crippen LogP contribution in [-0.2, 0) is 4.79 Å². The van der Waals surface area contributed by atoms with E-state index in [-0.39, 0.29) is 12.5 Å². The van der Waals surface area contributed by atoms with Gasteiger partial charge in [-0.25, -0.2) is 0 Å². The normalized spacial score (nSPS) is 22.5. The Morgan fingerprint density at radius 2 is 1.88 bits per heavy atom. The number of piperazine rings is 1. The van der Waals surface area contributed by atoms with E-state index in [1.165, 1.54) is 12.1 Å². The van der Waals surface area contributed by atoms with Crippen LogP contribution >= 0.6 is 0 Å². The van der Waals surface area contributed by atoms with E-state index in [0.29, 0.717) is 6.04 Å². The lowest BCUT2D eigenvalue weighted by atomic mass is 10.0. The Morgan fingerprint density at radius 3 is 2.50 bits per heavy atom. The second kappa shape index (κ2) is 7.85. The maximum Gasteiger partial charge on any atom is 0.236 e. The fraction of sp³-hybridized carbons (Fsp3) is 0.611. The first-order valence-electron chi connectivity index (χ1n) is 8.82. The Hall–Kier alpha value is -1.79. The first-order chi connectivity index (χ1) is 11.7. The third-order valence-corrected chi connectivity index (χ3v) is 5.19. The third-order valence-electron chi connectivity index (χ3n) is 5.19. The van der Waals surface area contributed by atoms with Gasteiger partial charge in [0.05, 0.1) is 13.7 Å². The molecule has 2 fully saturated rings. The minimum atomic E-state index is 0.0802. The van der Waals surface area contributed by atoms with Gasteiger partial charge in [-0.3, -0.25) is 9.69 Å². The highest BCUT2D eigenvalue weighted by molar-refractivity contribution is 5.78. The molecule has 132 valence electrons. The lowest BCUT2D eigenvalue weighted by Crippen LogP contribution is -2.56. The molecule has 2 saturated heterocycles. The molecule has 6 heteroatoms. The van der Waals surface area contributed by atoms with Crippen molar-refractivity contribution in [3.05, 3.63) is 24.3 Å². The molecule has 0 aromatic heterocycles. The number of hydrogen-bond acceptors (Lipinski definition) is 5. The zero-order chi connectivity index (χ0) is 16.9. The number of likely N-dealkylation sites (tertiary alicyclic amines) is 1. The zero-order valence-electron chi connectivity index (χ0n) is 14.5. The molecule has 24 heavy (non-hydrogen) atoms. The minimum Gasteiger partial charge on any atom is -0.497 e. The number of piperidine rings is 1. The summed E-state index contributed by atoms with van der Waals surface area (Å²) < 4.78 is 5.22. The average molecular weight is 332 g/mol. The van der Waals surface area contributed by atoms with Crippen LogP contribution in [0.2, 0.25) is 0 Å². The SMILES string of the molecule is COc1ccc(N2CCN([C@@H]3CCCN(C(=O)CN)C3)CC2)cc1. The van der Waals surface area contributed by atoms with Crippen molar-refractivity contribution in [1.82, 2.24) is 9.80 Å². The lowest BCUT2D eigenvalue weighted by Gasteiger charge is -2.44. The van der Waals surface area contributed by atoms with E-state index in [0.717, 1.165) is 51.4 Å². The summed E-state index contributed by atoms with van der Waals surface area (Å²) in [6, 6.07) is 8.75. The zero-order valence-corrected chi connectivity index (χ0v) is 14.5. The van der Waals surface area contributed by atoms with Crippen molar-refractivity contribution in [1.29, 1.82) is 0 Å². The molecular weight excluding hydrogens is 304 g/mol. The molecule has 0 spiro atoms. The molecule has 1 atom stereocenters. The van der Waals surface area contributed by atoms with Gasteiger partial charge in [0.15, 0.2) is 0 Å².